The molecule has 1 N–H and O–H groups in total. The van der Waals surface area contributed by atoms with Crippen LogP contribution in [-0.4, -0.2) is 51.4 Å². The van der Waals surface area contributed by atoms with Crippen molar-refractivity contribution in [1.29, 1.82) is 0 Å². The molecule has 2 fully saturated rings. The van der Waals surface area contributed by atoms with E-state index in [9.17, 15) is 12.8 Å². The molecule has 0 unspecified atom stereocenters. The van der Waals surface area contributed by atoms with Gasteiger partial charge in [0.15, 0.2) is 0 Å². The molecule has 0 saturated carbocycles. The van der Waals surface area contributed by atoms with E-state index in [-0.39, 0.29) is 18.0 Å². The number of ether oxygens (including phenoxy) is 1. The summed E-state index contributed by atoms with van der Waals surface area (Å²) in [7, 11) is -3.28. The highest BCUT2D eigenvalue weighted by Crippen LogP contribution is 2.29. The van der Waals surface area contributed by atoms with E-state index in [0.717, 1.165) is 24.9 Å². The predicted molar refractivity (Wildman–Crippen MR) is 85.9 cm³/mol. The summed E-state index contributed by atoms with van der Waals surface area (Å²) in [6, 6.07) is 6.23. The van der Waals surface area contributed by atoms with Crippen LogP contribution in [0.5, 0.6) is 0 Å². The molecule has 0 radical (unpaired) electrons. The zero-order valence-corrected chi connectivity index (χ0v) is 14.1. The van der Waals surface area contributed by atoms with Crippen LogP contribution < -0.4 is 4.72 Å². The number of piperidine rings is 1. The van der Waals surface area contributed by atoms with E-state index in [1.165, 1.54) is 18.4 Å². The first-order valence-electron chi connectivity index (χ1n) is 7.96. The van der Waals surface area contributed by atoms with Crippen molar-refractivity contribution in [1.82, 2.24) is 9.62 Å². The van der Waals surface area contributed by atoms with E-state index in [0.29, 0.717) is 25.6 Å². The molecule has 0 aromatic heterocycles. The molecule has 0 spiro atoms. The molecule has 1 aromatic carbocycles. The zero-order chi connectivity index (χ0) is 16.4. The van der Waals surface area contributed by atoms with E-state index < -0.39 is 10.0 Å². The lowest BCUT2D eigenvalue weighted by Gasteiger charge is -2.45. The third kappa shape index (κ3) is 4.50. The number of halogens is 1. The summed E-state index contributed by atoms with van der Waals surface area (Å²) in [5, 5.41) is 0. The van der Waals surface area contributed by atoms with Crippen molar-refractivity contribution in [2.45, 2.75) is 31.5 Å². The van der Waals surface area contributed by atoms with Gasteiger partial charge in [0.1, 0.15) is 5.82 Å². The summed E-state index contributed by atoms with van der Waals surface area (Å²) >= 11 is 0. The third-order valence-electron chi connectivity index (χ3n) is 4.52. The molecule has 3 atom stereocenters. The Morgan fingerprint density at radius 2 is 2.04 bits per heavy atom. The Kier molecular flexibility index (Phi) is 5.01. The topological polar surface area (TPSA) is 58.6 Å². The number of hydrogen-bond donors (Lipinski definition) is 1. The van der Waals surface area contributed by atoms with E-state index >= 15 is 0 Å². The Labute approximate surface area is 136 Å². The van der Waals surface area contributed by atoms with Crippen LogP contribution in [0.4, 0.5) is 4.39 Å². The summed E-state index contributed by atoms with van der Waals surface area (Å²) in [5.74, 6) is 0.0851. The number of benzene rings is 1. The van der Waals surface area contributed by atoms with Crippen LogP contribution in [0.25, 0.3) is 0 Å². The molecule has 2 aliphatic rings. The van der Waals surface area contributed by atoms with Crippen LogP contribution in [0.2, 0.25) is 0 Å². The van der Waals surface area contributed by atoms with E-state index in [4.69, 9.17) is 4.74 Å². The maximum absolute atomic E-state index is 13.0. The maximum Gasteiger partial charge on any atom is 0.209 e. The Morgan fingerprint density at radius 1 is 1.30 bits per heavy atom. The molecule has 3 rings (SSSR count). The average Bonchev–Trinajstić information content (AvgIpc) is 2.48. The van der Waals surface area contributed by atoms with Gasteiger partial charge in [-0.25, -0.2) is 17.5 Å². The molecule has 7 heteroatoms. The SMILES string of the molecule is CS(=O)(=O)N[C@@H]1CN(Cc2ccc(F)cc2)C[C@@H]2CCCO[C@@H]21. The molecule has 128 valence electrons. The fraction of sp³-hybridized carbons (Fsp3) is 0.625. The minimum Gasteiger partial charge on any atom is -0.376 e. The second kappa shape index (κ2) is 6.84. The monoisotopic (exact) mass is 342 g/mol. The summed E-state index contributed by atoms with van der Waals surface area (Å²) in [4.78, 5) is 2.23. The van der Waals surface area contributed by atoms with Crippen molar-refractivity contribution in [3.8, 4) is 0 Å². The minimum absolute atomic E-state index is 0.0528. The fourth-order valence-corrected chi connectivity index (χ4v) is 4.41. The fourth-order valence-electron chi connectivity index (χ4n) is 3.65. The molecule has 2 heterocycles. The van der Waals surface area contributed by atoms with Crippen LogP contribution in [-0.2, 0) is 21.3 Å². The normalized spacial score (nSPS) is 29.2. The van der Waals surface area contributed by atoms with Gasteiger partial charge in [0.25, 0.3) is 0 Å². The predicted octanol–water partition coefficient (Wildman–Crippen LogP) is 1.35. The van der Waals surface area contributed by atoms with E-state index in [2.05, 4.69) is 9.62 Å². The van der Waals surface area contributed by atoms with Crippen molar-refractivity contribution in [3.63, 3.8) is 0 Å². The highest BCUT2D eigenvalue weighted by atomic mass is 32.2. The molecule has 0 aliphatic carbocycles. The Hall–Kier alpha value is -1.02. The quantitative estimate of drug-likeness (QED) is 0.897. The smallest absolute Gasteiger partial charge is 0.209 e. The van der Waals surface area contributed by atoms with E-state index in [1.54, 1.807) is 12.1 Å². The molecular formula is C16H23FN2O3S. The highest BCUT2D eigenvalue weighted by Gasteiger charge is 2.40. The number of fused-ring (bicyclic) bond motifs is 1. The van der Waals surface area contributed by atoms with Gasteiger partial charge < -0.3 is 4.74 Å². The van der Waals surface area contributed by atoms with Gasteiger partial charge >= 0.3 is 0 Å². The van der Waals surface area contributed by atoms with Gasteiger partial charge in [-0.2, -0.15) is 0 Å². The molecule has 1 aromatic rings. The highest BCUT2D eigenvalue weighted by molar-refractivity contribution is 7.88. The number of rotatable bonds is 4. The summed E-state index contributed by atoms with van der Waals surface area (Å²) in [5.41, 5.74) is 1.03. The van der Waals surface area contributed by atoms with Crippen molar-refractivity contribution < 1.29 is 17.5 Å². The summed E-state index contributed by atoms with van der Waals surface area (Å²) in [6.07, 6.45) is 3.19. The largest absolute Gasteiger partial charge is 0.376 e. The van der Waals surface area contributed by atoms with Crippen LogP contribution in [0, 0.1) is 11.7 Å². The van der Waals surface area contributed by atoms with Gasteiger partial charge in [0, 0.05) is 26.2 Å². The van der Waals surface area contributed by atoms with Crippen LogP contribution in [0.3, 0.4) is 0 Å². The van der Waals surface area contributed by atoms with Crippen molar-refractivity contribution >= 4 is 10.0 Å². The summed E-state index contributed by atoms with van der Waals surface area (Å²) in [6.45, 7) is 2.86. The van der Waals surface area contributed by atoms with Crippen LogP contribution in [0.1, 0.15) is 18.4 Å². The lowest BCUT2D eigenvalue weighted by molar-refractivity contribution is -0.0823. The van der Waals surface area contributed by atoms with Crippen molar-refractivity contribution in [2.24, 2.45) is 5.92 Å². The minimum atomic E-state index is -3.28. The molecule has 5 nitrogen and oxygen atoms in total. The first-order chi connectivity index (χ1) is 10.9. The van der Waals surface area contributed by atoms with Gasteiger partial charge in [-0.1, -0.05) is 12.1 Å². The molecular weight excluding hydrogens is 319 g/mol. The van der Waals surface area contributed by atoms with Crippen molar-refractivity contribution in [3.05, 3.63) is 35.6 Å². The molecule has 0 bridgehead atoms. The van der Waals surface area contributed by atoms with Crippen LogP contribution in [0.15, 0.2) is 24.3 Å². The number of hydrogen-bond acceptors (Lipinski definition) is 4. The molecule has 2 saturated heterocycles. The average molecular weight is 342 g/mol. The van der Waals surface area contributed by atoms with Gasteiger partial charge in [0.2, 0.25) is 10.0 Å². The molecule has 0 amide bonds. The maximum atomic E-state index is 13.0. The third-order valence-corrected chi connectivity index (χ3v) is 5.25. The Morgan fingerprint density at radius 3 is 2.74 bits per heavy atom. The number of sulfonamides is 1. The first-order valence-corrected chi connectivity index (χ1v) is 9.85. The van der Waals surface area contributed by atoms with E-state index in [1.807, 2.05) is 0 Å². The first kappa shape index (κ1) is 16.8. The second-order valence-electron chi connectivity index (χ2n) is 6.55. The Balaban J connectivity index is 1.72. The summed E-state index contributed by atoms with van der Waals surface area (Å²) < 4.78 is 44.9. The molecule has 23 heavy (non-hydrogen) atoms. The lowest BCUT2D eigenvalue weighted by atomic mass is 9.85. The Bertz CT molecular complexity index is 635. The second-order valence-corrected chi connectivity index (χ2v) is 8.33. The van der Waals surface area contributed by atoms with Gasteiger partial charge in [-0.3, -0.25) is 4.90 Å². The van der Waals surface area contributed by atoms with Gasteiger partial charge in [-0.05, 0) is 36.5 Å². The lowest BCUT2D eigenvalue weighted by Crippen LogP contribution is -2.60. The van der Waals surface area contributed by atoms with Crippen LogP contribution >= 0.6 is 0 Å². The number of likely N-dealkylation sites (tertiary alicyclic amines) is 1. The van der Waals surface area contributed by atoms with Gasteiger partial charge in [-0.15, -0.1) is 0 Å². The van der Waals surface area contributed by atoms with Gasteiger partial charge in [0.05, 0.1) is 18.4 Å². The number of nitrogens with zero attached hydrogens (tertiary/aromatic N) is 1. The van der Waals surface area contributed by atoms with Crippen molar-refractivity contribution in [2.75, 3.05) is 26.0 Å². The standard InChI is InChI=1S/C16H23FN2O3S/c1-23(20,21)18-15-11-19(9-12-4-6-14(17)7-5-12)10-13-3-2-8-22-16(13)15/h4-7,13,15-16,18H,2-3,8-11H2,1H3/t13-,15+,16-/m0/s1. The zero-order valence-electron chi connectivity index (χ0n) is 13.2. The number of nitrogens with one attached hydrogen (secondary N) is 1. The molecule has 2 aliphatic heterocycles.